The van der Waals surface area contributed by atoms with Crippen LogP contribution >= 0.6 is 11.6 Å². The Labute approximate surface area is 221 Å². The largest absolute Gasteiger partial charge is 0.471 e. The maximum absolute atomic E-state index is 14.7. The lowest BCUT2D eigenvalue weighted by Gasteiger charge is -2.32. The van der Waals surface area contributed by atoms with Crippen molar-refractivity contribution in [3.8, 4) is 6.07 Å². The number of amides is 3. The van der Waals surface area contributed by atoms with Gasteiger partial charge in [0.15, 0.2) is 0 Å². The first kappa shape index (κ1) is 29.1. The second-order valence-electron chi connectivity index (χ2n) is 10.3. The molecule has 0 spiro atoms. The molecule has 1 aliphatic rings. The molecule has 38 heavy (non-hydrogen) atoms. The Morgan fingerprint density at radius 1 is 1.11 bits per heavy atom. The van der Waals surface area contributed by atoms with Crippen molar-refractivity contribution in [1.82, 2.24) is 20.9 Å². The first-order chi connectivity index (χ1) is 17.6. The van der Waals surface area contributed by atoms with E-state index < -0.39 is 59.5 Å². The average Bonchev–Trinajstić information content (AvgIpc) is 3.55. The SMILES string of the molecule is CC(C)(C)[C@H](NC(=O)C(F)(F)F)C(=O)N[C@@H](CC1(F)CC1)C(=O)NC(C#N)c1cncc2cccc(Cl)c12. The summed E-state index contributed by atoms with van der Waals surface area (Å²) in [6.45, 7) is 4.26. The molecule has 1 heterocycles. The van der Waals surface area contributed by atoms with E-state index in [9.17, 15) is 37.2 Å². The van der Waals surface area contributed by atoms with Crippen molar-refractivity contribution in [3.05, 3.63) is 41.2 Å². The molecule has 8 nitrogen and oxygen atoms in total. The Morgan fingerprint density at radius 3 is 2.32 bits per heavy atom. The average molecular weight is 556 g/mol. The first-order valence-corrected chi connectivity index (χ1v) is 12.0. The van der Waals surface area contributed by atoms with Gasteiger partial charge in [0.25, 0.3) is 0 Å². The number of nitrogens with one attached hydrogen (secondary N) is 3. The molecule has 1 saturated carbocycles. The molecule has 13 heteroatoms. The van der Waals surface area contributed by atoms with E-state index in [2.05, 4.69) is 15.6 Å². The summed E-state index contributed by atoms with van der Waals surface area (Å²) in [4.78, 5) is 41.9. The molecular weight excluding hydrogens is 530 g/mol. The van der Waals surface area contributed by atoms with E-state index in [4.69, 9.17) is 11.6 Å². The van der Waals surface area contributed by atoms with E-state index in [0.717, 1.165) is 0 Å². The lowest BCUT2D eigenvalue weighted by Crippen LogP contribution is -2.59. The third kappa shape index (κ3) is 6.89. The highest BCUT2D eigenvalue weighted by molar-refractivity contribution is 6.35. The van der Waals surface area contributed by atoms with Gasteiger partial charge in [-0.1, -0.05) is 44.5 Å². The highest BCUT2D eigenvalue weighted by atomic mass is 35.5. The summed E-state index contributed by atoms with van der Waals surface area (Å²) in [5.74, 6) is -4.38. The van der Waals surface area contributed by atoms with Gasteiger partial charge in [-0.05, 0) is 24.3 Å². The van der Waals surface area contributed by atoms with Crippen molar-refractivity contribution in [3.63, 3.8) is 0 Å². The summed E-state index contributed by atoms with van der Waals surface area (Å²) >= 11 is 6.31. The summed E-state index contributed by atoms with van der Waals surface area (Å²) in [6.07, 6.45) is -2.59. The number of carbonyl (C=O) groups excluding carboxylic acids is 3. The summed E-state index contributed by atoms with van der Waals surface area (Å²) in [5.41, 5.74) is -2.69. The molecule has 3 amide bonds. The molecule has 1 unspecified atom stereocenters. The van der Waals surface area contributed by atoms with Crippen LogP contribution in [0.3, 0.4) is 0 Å². The number of fused-ring (bicyclic) bond motifs is 1. The summed E-state index contributed by atoms with van der Waals surface area (Å²) in [6, 6.07) is 2.37. The minimum atomic E-state index is -5.24. The normalized spacial score (nSPS) is 17.0. The number of halogens is 5. The van der Waals surface area contributed by atoms with Gasteiger partial charge in [-0.25, -0.2) is 4.39 Å². The molecule has 1 fully saturated rings. The van der Waals surface area contributed by atoms with Crippen LogP contribution in [-0.4, -0.2) is 46.6 Å². The van der Waals surface area contributed by atoms with E-state index >= 15 is 0 Å². The van der Waals surface area contributed by atoms with E-state index in [1.54, 1.807) is 23.5 Å². The van der Waals surface area contributed by atoms with Gasteiger partial charge in [0.05, 0.1) is 6.07 Å². The van der Waals surface area contributed by atoms with Crippen molar-refractivity contribution >= 4 is 40.1 Å². The molecule has 204 valence electrons. The number of nitriles is 1. The van der Waals surface area contributed by atoms with Gasteiger partial charge in [-0.3, -0.25) is 19.4 Å². The molecule has 1 aliphatic carbocycles. The van der Waals surface area contributed by atoms with Crippen LogP contribution in [0, 0.1) is 16.7 Å². The molecule has 3 atom stereocenters. The third-order valence-electron chi connectivity index (χ3n) is 6.15. The number of pyridine rings is 1. The Morgan fingerprint density at radius 2 is 1.76 bits per heavy atom. The van der Waals surface area contributed by atoms with E-state index in [1.165, 1.54) is 33.2 Å². The van der Waals surface area contributed by atoms with Gasteiger partial charge in [0.1, 0.15) is 23.8 Å². The van der Waals surface area contributed by atoms with Crippen molar-refractivity contribution in [2.45, 2.75) is 70.0 Å². The van der Waals surface area contributed by atoms with Gasteiger partial charge >= 0.3 is 12.1 Å². The highest BCUT2D eigenvalue weighted by Gasteiger charge is 2.48. The smallest absolute Gasteiger partial charge is 0.342 e. The van der Waals surface area contributed by atoms with Gasteiger partial charge in [-0.15, -0.1) is 0 Å². The first-order valence-electron chi connectivity index (χ1n) is 11.6. The lowest BCUT2D eigenvalue weighted by molar-refractivity contribution is -0.175. The van der Waals surface area contributed by atoms with E-state index in [-0.39, 0.29) is 18.4 Å². The van der Waals surface area contributed by atoms with Crippen LogP contribution in [0.4, 0.5) is 17.6 Å². The van der Waals surface area contributed by atoms with Crippen LogP contribution in [-0.2, 0) is 14.4 Å². The van der Waals surface area contributed by atoms with Gasteiger partial charge in [0.2, 0.25) is 11.8 Å². The molecule has 2 aromatic rings. The maximum atomic E-state index is 14.7. The Balaban J connectivity index is 1.87. The molecule has 0 saturated heterocycles. The van der Waals surface area contributed by atoms with Crippen LogP contribution in [0.5, 0.6) is 0 Å². The fourth-order valence-electron chi connectivity index (χ4n) is 3.91. The number of benzene rings is 1. The number of nitrogens with zero attached hydrogens (tertiary/aromatic N) is 2. The maximum Gasteiger partial charge on any atom is 0.471 e. The van der Waals surface area contributed by atoms with Crippen LogP contribution in [0.15, 0.2) is 30.6 Å². The number of hydrogen-bond donors (Lipinski definition) is 3. The van der Waals surface area contributed by atoms with Gasteiger partial charge in [0, 0.05) is 40.2 Å². The highest BCUT2D eigenvalue weighted by Crippen LogP contribution is 2.44. The molecule has 0 radical (unpaired) electrons. The van der Waals surface area contributed by atoms with Crippen LogP contribution in [0.1, 0.15) is 51.6 Å². The van der Waals surface area contributed by atoms with Gasteiger partial charge < -0.3 is 16.0 Å². The molecule has 1 aromatic carbocycles. The second kappa shape index (κ2) is 10.7. The van der Waals surface area contributed by atoms with Crippen LogP contribution in [0.25, 0.3) is 10.8 Å². The molecular formula is C25H26ClF4N5O3. The standard InChI is InChI=1S/C25H26ClF4N5O3/c1-23(2,3)19(35-22(38)25(28,29)30)21(37)33-16(9-24(27)7-8-24)20(36)34-17(10-31)14-12-32-11-13-5-4-6-15(26)18(13)14/h4-6,11-12,16-17,19H,7-9H2,1-3H3,(H,33,37)(H,34,36)(H,35,38)/t16-,17?,19+/m0/s1. The molecule has 3 rings (SSSR count). The lowest BCUT2D eigenvalue weighted by atomic mass is 9.85. The minimum Gasteiger partial charge on any atom is -0.342 e. The number of carbonyl (C=O) groups is 3. The number of rotatable bonds is 8. The zero-order valence-corrected chi connectivity index (χ0v) is 21.5. The monoisotopic (exact) mass is 555 g/mol. The topological polar surface area (TPSA) is 124 Å². The van der Waals surface area contributed by atoms with E-state index in [0.29, 0.717) is 15.8 Å². The zero-order chi connectivity index (χ0) is 28.5. The second-order valence-corrected chi connectivity index (χ2v) is 10.7. The van der Waals surface area contributed by atoms with Crippen molar-refractivity contribution in [2.75, 3.05) is 0 Å². The Kier molecular flexibility index (Phi) is 8.21. The van der Waals surface area contributed by atoms with Crippen LogP contribution in [0.2, 0.25) is 5.02 Å². The molecule has 1 aromatic heterocycles. The Hall–Kier alpha value is -3.46. The Bertz CT molecular complexity index is 1280. The quantitative estimate of drug-likeness (QED) is 0.424. The fraction of sp³-hybridized carbons (Fsp3) is 0.480. The fourth-order valence-corrected chi connectivity index (χ4v) is 4.21. The summed E-state index contributed by atoms with van der Waals surface area (Å²) in [5, 5.41) is 17.6. The number of hydrogen-bond acceptors (Lipinski definition) is 5. The predicted octanol–water partition coefficient (Wildman–Crippen LogP) is 4.04. The van der Waals surface area contributed by atoms with E-state index in [1.807, 2.05) is 6.07 Å². The third-order valence-corrected chi connectivity index (χ3v) is 6.46. The number of aromatic nitrogens is 1. The number of alkyl halides is 4. The van der Waals surface area contributed by atoms with Crippen molar-refractivity contribution in [1.29, 1.82) is 5.26 Å². The molecule has 0 bridgehead atoms. The zero-order valence-electron chi connectivity index (χ0n) is 20.7. The van der Waals surface area contributed by atoms with Crippen molar-refractivity contribution in [2.24, 2.45) is 5.41 Å². The summed E-state index contributed by atoms with van der Waals surface area (Å²) < 4.78 is 53.3. The van der Waals surface area contributed by atoms with Crippen molar-refractivity contribution < 1.29 is 31.9 Å². The molecule has 3 N–H and O–H groups in total. The minimum absolute atomic E-state index is 0.130. The van der Waals surface area contributed by atoms with Crippen LogP contribution < -0.4 is 16.0 Å². The summed E-state index contributed by atoms with van der Waals surface area (Å²) in [7, 11) is 0. The molecule has 0 aliphatic heterocycles. The van der Waals surface area contributed by atoms with Gasteiger partial charge in [-0.2, -0.15) is 18.4 Å². The predicted molar refractivity (Wildman–Crippen MR) is 130 cm³/mol.